The van der Waals surface area contributed by atoms with Gasteiger partial charge in [-0.05, 0) is 25.7 Å². The van der Waals surface area contributed by atoms with Crippen molar-refractivity contribution < 1.29 is 9.31 Å². The van der Waals surface area contributed by atoms with Crippen LogP contribution < -0.4 is 5.32 Å². The Hall–Kier alpha value is -1.36. The predicted octanol–water partition coefficient (Wildman–Crippen LogP) is 3.99. The van der Waals surface area contributed by atoms with E-state index in [-0.39, 0.29) is 22.4 Å². The molecule has 1 N–H and O–H groups in total. The Labute approximate surface area is 109 Å². The molecular formula is C12H14ClFN2O2. The normalized spacial score (nSPS) is 17.1. The number of anilines is 1. The van der Waals surface area contributed by atoms with Crippen LogP contribution in [0.1, 0.15) is 26.2 Å². The van der Waals surface area contributed by atoms with Crippen LogP contribution in [0.2, 0.25) is 5.02 Å². The van der Waals surface area contributed by atoms with E-state index in [1.165, 1.54) is 6.42 Å². The first-order valence-corrected chi connectivity index (χ1v) is 6.27. The second-order valence-corrected chi connectivity index (χ2v) is 5.07. The van der Waals surface area contributed by atoms with Gasteiger partial charge < -0.3 is 5.32 Å². The van der Waals surface area contributed by atoms with E-state index < -0.39 is 10.7 Å². The smallest absolute Gasteiger partial charge is 0.294 e. The predicted molar refractivity (Wildman–Crippen MR) is 68.5 cm³/mol. The molecule has 1 aromatic carbocycles. The zero-order chi connectivity index (χ0) is 13.3. The molecule has 0 aromatic heterocycles. The number of nitrogens with zero attached hydrogens (tertiary/aromatic N) is 1. The summed E-state index contributed by atoms with van der Waals surface area (Å²) in [5.41, 5.74) is 0.00822. The van der Waals surface area contributed by atoms with Crippen LogP contribution in [0.3, 0.4) is 0 Å². The third-order valence-electron chi connectivity index (χ3n) is 3.48. The maximum absolute atomic E-state index is 13.4. The summed E-state index contributed by atoms with van der Waals surface area (Å²) in [6.45, 7) is 1.96. The van der Waals surface area contributed by atoms with Crippen LogP contribution in [0.5, 0.6) is 0 Å². The second-order valence-electron chi connectivity index (χ2n) is 4.66. The Balaban J connectivity index is 2.24. The fraction of sp³-hybridized carbons (Fsp3) is 0.500. The lowest BCUT2D eigenvalue weighted by molar-refractivity contribution is -0.384. The molecule has 0 amide bonds. The Bertz CT molecular complexity index is 477. The molecule has 0 radical (unpaired) electrons. The number of benzene rings is 1. The second kappa shape index (κ2) is 5.10. The van der Waals surface area contributed by atoms with Crippen molar-refractivity contribution in [2.24, 2.45) is 5.92 Å². The van der Waals surface area contributed by atoms with Gasteiger partial charge in [-0.25, -0.2) is 4.39 Å². The molecule has 0 spiro atoms. The Morgan fingerprint density at radius 1 is 1.56 bits per heavy atom. The highest BCUT2D eigenvalue weighted by atomic mass is 35.5. The maximum atomic E-state index is 13.4. The summed E-state index contributed by atoms with van der Waals surface area (Å²) < 4.78 is 13.4. The molecule has 4 nitrogen and oxygen atoms in total. The van der Waals surface area contributed by atoms with Crippen molar-refractivity contribution >= 4 is 23.0 Å². The third kappa shape index (κ3) is 2.56. The molecule has 0 bridgehead atoms. The lowest BCUT2D eigenvalue weighted by Gasteiger charge is -2.32. The molecule has 1 atom stereocenters. The van der Waals surface area contributed by atoms with Crippen molar-refractivity contribution in [3.8, 4) is 0 Å². The Morgan fingerprint density at radius 3 is 2.72 bits per heavy atom. The molecule has 18 heavy (non-hydrogen) atoms. The first-order chi connectivity index (χ1) is 8.49. The van der Waals surface area contributed by atoms with Crippen LogP contribution in [0.25, 0.3) is 0 Å². The molecule has 1 aromatic rings. The van der Waals surface area contributed by atoms with Gasteiger partial charge in [-0.1, -0.05) is 18.0 Å². The van der Waals surface area contributed by atoms with E-state index in [0.29, 0.717) is 5.92 Å². The molecule has 0 saturated heterocycles. The van der Waals surface area contributed by atoms with E-state index >= 15 is 0 Å². The highest BCUT2D eigenvalue weighted by Crippen LogP contribution is 2.35. The fourth-order valence-corrected chi connectivity index (χ4v) is 2.26. The molecule has 2 rings (SSSR count). The number of nitro benzene ring substituents is 1. The zero-order valence-corrected chi connectivity index (χ0v) is 10.7. The summed E-state index contributed by atoms with van der Waals surface area (Å²) >= 11 is 5.56. The van der Waals surface area contributed by atoms with E-state index in [0.717, 1.165) is 25.0 Å². The molecule has 1 aliphatic rings. The number of nitro groups is 1. The number of rotatable bonds is 4. The van der Waals surface area contributed by atoms with Crippen LogP contribution in [0, 0.1) is 21.8 Å². The summed E-state index contributed by atoms with van der Waals surface area (Å²) in [4.78, 5) is 10.4. The van der Waals surface area contributed by atoms with Gasteiger partial charge >= 0.3 is 0 Å². The lowest BCUT2D eigenvalue weighted by atomic mass is 9.80. The molecular weight excluding hydrogens is 259 g/mol. The van der Waals surface area contributed by atoms with Gasteiger partial charge in [0, 0.05) is 18.2 Å². The van der Waals surface area contributed by atoms with Gasteiger partial charge in [-0.2, -0.15) is 0 Å². The first-order valence-electron chi connectivity index (χ1n) is 5.89. The summed E-state index contributed by atoms with van der Waals surface area (Å²) in [6, 6.07) is 2.24. The number of halogens is 2. The monoisotopic (exact) mass is 272 g/mol. The van der Waals surface area contributed by atoms with E-state index in [2.05, 4.69) is 5.32 Å². The van der Waals surface area contributed by atoms with Crippen LogP contribution in [-0.2, 0) is 0 Å². The van der Waals surface area contributed by atoms with E-state index in [4.69, 9.17) is 11.6 Å². The van der Waals surface area contributed by atoms with Gasteiger partial charge in [0.1, 0.15) is 11.5 Å². The SMILES string of the molecule is CC(Nc1cc(F)c(Cl)cc1[N+](=O)[O-])C1CCC1. The highest BCUT2D eigenvalue weighted by Gasteiger charge is 2.26. The Morgan fingerprint density at radius 2 is 2.22 bits per heavy atom. The van der Waals surface area contributed by atoms with E-state index in [9.17, 15) is 14.5 Å². The van der Waals surface area contributed by atoms with Crippen molar-refractivity contribution in [2.45, 2.75) is 32.2 Å². The van der Waals surface area contributed by atoms with Crippen molar-refractivity contribution in [1.29, 1.82) is 0 Å². The molecule has 1 fully saturated rings. The molecule has 1 aliphatic carbocycles. The van der Waals surface area contributed by atoms with Crippen molar-refractivity contribution in [3.05, 3.63) is 33.1 Å². The minimum Gasteiger partial charge on any atom is -0.377 e. The van der Waals surface area contributed by atoms with Gasteiger partial charge in [-0.15, -0.1) is 0 Å². The molecule has 1 unspecified atom stereocenters. The van der Waals surface area contributed by atoms with Gasteiger partial charge in [0.2, 0.25) is 0 Å². The molecule has 98 valence electrons. The van der Waals surface area contributed by atoms with Crippen molar-refractivity contribution in [1.82, 2.24) is 0 Å². The lowest BCUT2D eigenvalue weighted by Crippen LogP contribution is -2.31. The average molecular weight is 273 g/mol. The summed E-state index contributed by atoms with van der Waals surface area (Å²) in [6.07, 6.45) is 3.41. The summed E-state index contributed by atoms with van der Waals surface area (Å²) in [5, 5.41) is 13.7. The first kappa shape index (κ1) is 13.1. The molecule has 1 saturated carbocycles. The van der Waals surface area contributed by atoms with Gasteiger partial charge in [-0.3, -0.25) is 10.1 Å². The minimum atomic E-state index is -0.648. The number of hydrogen-bond acceptors (Lipinski definition) is 3. The van der Waals surface area contributed by atoms with Gasteiger partial charge in [0.15, 0.2) is 0 Å². The number of hydrogen-bond donors (Lipinski definition) is 1. The van der Waals surface area contributed by atoms with Crippen LogP contribution in [0.15, 0.2) is 12.1 Å². The average Bonchev–Trinajstić information content (AvgIpc) is 2.19. The summed E-state index contributed by atoms with van der Waals surface area (Å²) in [5.74, 6) is -0.145. The van der Waals surface area contributed by atoms with E-state index in [1.54, 1.807) is 0 Å². The Kier molecular flexibility index (Phi) is 3.71. The van der Waals surface area contributed by atoms with Crippen LogP contribution in [0.4, 0.5) is 15.8 Å². The molecule has 6 heteroatoms. The van der Waals surface area contributed by atoms with Crippen LogP contribution >= 0.6 is 11.6 Å². The fourth-order valence-electron chi connectivity index (χ4n) is 2.11. The van der Waals surface area contributed by atoms with Crippen molar-refractivity contribution in [2.75, 3.05) is 5.32 Å². The third-order valence-corrected chi connectivity index (χ3v) is 3.77. The highest BCUT2D eigenvalue weighted by molar-refractivity contribution is 6.31. The minimum absolute atomic E-state index is 0.0954. The van der Waals surface area contributed by atoms with Crippen LogP contribution in [-0.4, -0.2) is 11.0 Å². The van der Waals surface area contributed by atoms with E-state index in [1.807, 2.05) is 6.92 Å². The van der Waals surface area contributed by atoms with Gasteiger partial charge in [0.05, 0.1) is 9.95 Å². The van der Waals surface area contributed by atoms with Crippen molar-refractivity contribution in [3.63, 3.8) is 0 Å². The molecule has 0 heterocycles. The standard InChI is InChI=1S/C12H14ClFN2O2/c1-7(8-3-2-4-8)15-11-6-10(14)9(13)5-12(11)16(17)18/h5-8,15H,2-4H2,1H3. The quantitative estimate of drug-likeness (QED) is 0.666. The maximum Gasteiger partial charge on any atom is 0.294 e. The zero-order valence-electron chi connectivity index (χ0n) is 9.95. The largest absolute Gasteiger partial charge is 0.377 e. The molecule has 0 aliphatic heterocycles. The topological polar surface area (TPSA) is 55.2 Å². The van der Waals surface area contributed by atoms with Gasteiger partial charge in [0.25, 0.3) is 5.69 Å². The summed E-state index contributed by atoms with van der Waals surface area (Å²) in [7, 11) is 0. The number of nitrogens with one attached hydrogen (secondary N) is 1.